The van der Waals surface area contributed by atoms with Gasteiger partial charge in [0.05, 0.1) is 11.4 Å². The van der Waals surface area contributed by atoms with Crippen LogP contribution in [0.25, 0.3) is 5.70 Å². The van der Waals surface area contributed by atoms with Crippen molar-refractivity contribution in [3.63, 3.8) is 0 Å². The minimum Gasteiger partial charge on any atom is -0.368 e. The van der Waals surface area contributed by atoms with Crippen molar-refractivity contribution in [3.8, 4) is 0 Å². The number of nitrogens with one attached hydrogen (secondary N) is 2. The van der Waals surface area contributed by atoms with Crippen LogP contribution in [0.4, 0.5) is 4.79 Å². The largest absolute Gasteiger partial charge is 0.368 e. The van der Waals surface area contributed by atoms with E-state index >= 15 is 0 Å². The summed E-state index contributed by atoms with van der Waals surface area (Å²) >= 11 is 6.04. The van der Waals surface area contributed by atoms with Crippen molar-refractivity contribution in [2.45, 2.75) is 39.3 Å². The fraction of sp³-hybridized carbons (Fsp3) is 0.381. The average Bonchev–Trinajstić information content (AvgIpc) is 2.69. The van der Waals surface area contributed by atoms with Crippen LogP contribution in [0.5, 0.6) is 0 Å². The molecule has 2 aromatic rings. The van der Waals surface area contributed by atoms with Gasteiger partial charge in [0.15, 0.2) is 0 Å². The molecule has 0 saturated carbocycles. The minimum atomic E-state index is -0.166. The van der Waals surface area contributed by atoms with Crippen LogP contribution in [0.3, 0.4) is 0 Å². The third-order valence-electron chi connectivity index (χ3n) is 4.91. The number of halogens is 1. The lowest BCUT2D eigenvalue weighted by Gasteiger charge is -2.35. The van der Waals surface area contributed by atoms with Gasteiger partial charge in [-0.15, -0.1) is 5.10 Å². The monoisotopic (exact) mass is 399 g/mol. The highest BCUT2D eigenvalue weighted by molar-refractivity contribution is 6.31. The number of piperidine rings is 1. The number of aryl methyl sites for hydroxylation is 2. The number of rotatable bonds is 5. The molecule has 0 unspecified atom stereocenters. The molecule has 3 rings (SSSR count). The first-order chi connectivity index (χ1) is 13.4. The van der Waals surface area contributed by atoms with Crippen LogP contribution >= 0.6 is 11.6 Å². The van der Waals surface area contributed by atoms with Gasteiger partial charge in [0.1, 0.15) is 5.69 Å². The number of aromatic nitrogens is 2. The Morgan fingerprint density at radius 1 is 1.29 bits per heavy atom. The molecule has 7 heteroatoms. The van der Waals surface area contributed by atoms with Crippen LogP contribution in [0.1, 0.15) is 35.4 Å². The number of benzene rings is 1. The van der Waals surface area contributed by atoms with Gasteiger partial charge in [-0.3, -0.25) is 0 Å². The van der Waals surface area contributed by atoms with Gasteiger partial charge >= 0.3 is 6.03 Å². The number of carbonyl (C=O) groups is 1. The van der Waals surface area contributed by atoms with Crippen molar-refractivity contribution in [1.82, 2.24) is 25.7 Å². The molecule has 148 valence electrons. The molecule has 6 nitrogen and oxygen atoms in total. The molecular weight excluding hydrogens is 374 g/mol. The maximum absolute atomic E-state index is 12.3. The molecule has 1 saturated heterocycles. The van der Waals surface area contributed by atoms with Crippen molar-refractivity contribution < 1.29 is 4.79 Å². The van der Waals surface area contributed by atoms with Crippen molar-refractivity contribution in [3.05, 3.63) is 64.4 Å². The summed E-state index contributed by atoms with van der Waals surface area (Å²) in [4.78, 5) is 14.5. The SMILES string of the molecule is C=C(c1ccc(C)nn1)N1CCC[C@@H](NC(=O)NCc2ccc(Cl)c(C)c2)C1. The number of likely N-dealkylation sites (tertiary alicyclic amines) is 1. The standard InChI is InChI=1S/C21H26ClN5O/c1-14-11-17(7-8-19(14)22)12-23-21(28)24-18-5-4-10-27(13-18)16(3)20-9-6-15(2)25-26-20/h6-9,11,18H,3-5,10,12-13H2,1-2H3,(H2,23,24,28)/t18-/m1/s1. The molecule has 0 bridgehead atoms. The Morgan fingerprint density at radius 3 is 2.82 bits per heavy atom. The summed E-state index contributed by atoms with van der Waals surface area (Å²) in [6, 6.07) is 9.52. The predicted octanol–water partition coefficient (Wildman–Crippen LogP) is 3.68. The number of amides is 2. The van der Waals surface area contributed by atoms with Gasteiger partial charge in [0.2, 0.25) is 0 Å². The highest BCUT2D eigenvalue weighted by atomic mass is 35.5. The lowest BCUT2D eigenvalue weighted by molar-refractivity contribution is 0.221. The molecule has 2 heterocycles. The highest BCUT2D eigenvalue weighted by Crippen LogP contribution is 2.20. The summed E-state index contributed by atoms with van der Waals surface area (Å²) < 4.78 is 0. The van der Waals surface area contributed by atoms with Gasteiger partial charge in [0.25, 0.3) is 0 Å². The molecule has 2 N–H and O–H groups in total. The summed E-state index contributed by atoms with van der Waals surface area (Å²) in [7, 11) is 0. The lowest BCUT2D eigenvalue weighted by Crippen LogP contribution is -2.49. The first-order valence-electron chi connectivity index (χ1n) is 9.46. The number of carbonyl (C=O) groups excluding carboxylic acids is 1. The second-order valence-electron chi connectivity index (χ2n) is 7.20. The van der Waals surface area contributed by atoms with E-state index in [1.165, 1.54) is 0 Å². The first kappa shape index (κ1) is 20.1. The summed E-state index contributed by atoms with van der Waals surface area (Å²) in [5, 5.41) is 15.0. The molecule has 1 aliphatic heterocycles. The van der Waals surface area contributed by atoms with Crippen molar-refractivity contribution >= 4 is 23.3 Å². The minimum absolute atomic E-state index is 0.0656. The van der Waals surface area contributed by atoms with Crippen LogP contribution in [-0.2, 0) is 6.54 Å². The van der Waals surface area contributed by atoms with Gasteiger partial charge in [-0.25, -0.2) is 4.79 Å². The second kappa shape index (κ2) is 9.06. The maximum atomic E-state index is 12.3. The maximum Gasteiger partial charge on any atom is 0.315 e. The summed E-state index contributed by atoms with van der Waals surface area (Å²) in [6.45, 7) is 10.1. The molecular formula is C21H26ClN5O. The van der Waals surface area contributed by atoms with Crippen LogP contribution < -0.4 is 10.6 Å². The normalized spacial score (nSPS) is 16.5. The van der Waals surface area contributed by atoms with Crippen LogP contribution in [0.15, 0.2) is 36.9 Å². The quantitative estimate of drug-likeness (QED) is 0.804. The van der Waals surface area contributed by atoms with E-state index in [1.807, 2.05) is 44.2 Å². The zero-order valence-corrected chi connectivity index (χ0v) is 17.1. The van der Waals surface area contributed by atoms with Crippen LogP contribution in [0.2, 0.25) is 5.02 Å². The number of hydrogen-bond acceptors (Lipinski definition) is 4. The van der Waals surface area contributed by atoms with E-state index in [2.05, 4.69) is 32.3 Å². The number of urea groups is 1. The predicted molar refractivity (Wildman–Crippen MR) is 112 cm³/mol. The highest BCUT2D eigenvalue weighted by Gasteiger charge is 2.23. The summed E-state index contributed by atoms with van der Waals surface area (Å²) in [6.07, 6.45) is 1.93. The molecule has 1 fully saturated rings. The Labute approximate surface area is 171 Å². The van der Waals surface area contributed by atoms with Gasteiger partial charge in [0, 0.05) is 30.7 Å². The zero-order valence-electron chi connectivity index (χ0n) is 16.3. The van der Waals surface area contributed by atoms with Crippen LogP contribution in [0, 0.1) is 13.8 Å². The molecule has 0 aliphatic carbocycles. The first-order valence-corrected chi connectivity index (χ1v) is 9.84. The van der Waals surface area contributed by atoms with Crippen molar-refractivity contribution in [2.75, 3.05) is 13.1 Å². The van der Waals surface area contributed by atoms with Gasteiger partial charge in [-0.2, -0.15) is 5.10 Å². The molecule has 2 amide bonds. The fourth-order valence-corrected chi connectivity index (χ4v) is 3.41. The zero-order chi connectivity index (χ0) is 20.1. The summed E-state index contributed by atoms with van der Waals surface area (Å²) in [5.41, 5.74) is 4.52. The number of hydrogen-bond donors (Lipinski definition) is 2. The third-order valence-corrected chi connectivity index (χ3v) is 5.33. The third kappa shape index (κ3) is 5.23. The topological polar surface area (TPSA) is 70.2 Å². The van der Waals surface area contributed by atoms with E-state index in [0.717, 1.165) is 52.6 Å². The van der Waals surface area contributed by atoms with Gasteiger partial charge < -0.3 is 15.5 Å². The van der Waals surface area contributed by atoms with Crippen molar-refractivity contribution in [2.24, 2.45) is 0 Å². The Kier molecular flexibility index (Phi) is 6.52. The fourth-order valence-electron chi connectivity index (χ4n) is 3.29. The molecule has 1 aliphatic rings. The van der Waals surface area contributed by atoms with E-state index < -0.39 is 0 Å². The van der Waals surface area contributed by atoms with Crippen LogP contribution in [-0.4, -0.2) is 40.3 Å². The summed E-state index contributed by atoms with van der Waals surface area (Å²) in [5.74, 6) is 0. The molecule has 1 aromatic carbocycles. The Morgan fingerprint density at radius 2 is 2.11 bits per heavy atom. The smallest absolute Gasteiger partial charge is 0.315 e. The molecule has 28 heavy (non-hydrogen) atoms. The molecule has 1 aromatic heterocycles. The van der Waals surface area contributed by atoms with Gasteiger partial charge in [-0.1, -0.05) is 30.3 Å². The van der Waals surface area contributed by atoms with Crippen molar-refractivity contribution in [1.29, 1.82) is 0 Å². The average molecular weight is 400 g/mol. The number of nitrogens with zero attached hydrogens (tertiary/aromatic N) is 3. The Balaban J connectivity index is 1.51. The van der Waals surface area contributed by atoms with E-state index in [4.69, 9.17) is 11.6 Å². The van der Waals surface area contributed by atoms with Gasteiger partial charge in [-0.05, 0) is 56.0 Å². The lowest BCUT2D eigenvalue weighted by atomic mass is 10.0. The second-order valence-corrected chi connectivity index (χ2v) is 7.61. The van der Waals surface area contributed by atoms with E-state index in [1.54, 1.807) is 0 Å². The van der Waals surface area contributed by atoms with E-state index in [0.29, 0.717) is 13.1 Å². The molecule has 0 radical (unpaired) electrons. The molecule has 1 atom stereocenters. The Bertz CT molecular complexity index is 852. The molecule has 0 spiro atoms. The Hall–Kier alpha value is -2.60. The van der Waals surface area contributed by atoms with E-state index in [9.17, 15) is 4.79 Å². The van der Waals surface area contributed by atoms with E-state index in [-0.39, 0.29) is 12.1 Å².